The number of aliphatic hydroxyl groups excluding tert-OH is 1. The van der Waals surface area contributed by atoms with Crippen LogP contribution < -0.4 is 15.8 Å². The molecule has 144 valence electrons. The summed E-state index contributed by atoms with van der Waals surface area (Å²) >= 11 is 0. The van der Waals surface area contributed by atoms with Crippen LogP contribution in [0.4, 0.5) is 5.82 Å². The number of benzene rings is 1. The second-order valence-electron chi connectivity index (χ2n) is 6.76. The lowest BCUT2D eigenvalue weighted by molar-refractivity contribution is 0.189. The van der Waals surface area contributed by atoms with E-state index >= 15 is 0 Å². The number of anilines is 1. The van der Waals surface area contributed by atoms with E-state index in [1.165, 1.54) is 4.31 Å². The molecule has 1 unspecified atom stereocenters. The number of hydrogen-bond donors (Lipinski definition) is 3. The van der Waals surface area contributed by atoms with E-state index in [-0.39, 0.29) is 23.8 Å². The fourth-order valence-corrected chi connectivity index (χ4v) is 4.97. The predicted octanol–water partition coefficient (Wildman–Crippen LogP) is 0.568. The summed E-state index contributed by atoms with van der Waals surface area (Å²) in [6.07, 6.45) is 1.35. The SMILES string of the molecule is Nc1ncc(-c2ccc3c(c2)CNCCO3)cc1S(=O)(=O)N1CCC(O)C1. The van der Waals surface area contributed by atoms with Gasteiger partial charge in [-0.15, -0.1) is 0 Å². The summed E-state index contributed by atoms with van der Waals surface area (Å²) in [6, 6.07) is 7.29. The van der Waals surface area contributed by atoms with Crippen molar-refractivity contribution in [1.29, 1.82) is 0 Å². The van der Waals surface area contributed by atoms with Gasteiger partial charge in [-0.25, -0.2) is 13.4 Å². The van der Waals surface area contributed by atoms with Gasteiger partial charge in [-0.2, -0.15) is 4.31 Å². The van der Waals surface area contributed by atoms with Crippen LogP contribution in [-0.4, -0.2) is 55.2 Å². The van der Waals surface area contributed by atoms with E-state index < -0.39 is 16.1 Å². The molecule has 27 heavy (non-hydrogen) atoms. The Morgan fingerprint density at radius 1 is 1.30 bits per heavy atom. The lowest BCUT2D eigenvalue weighted by atomic mass is 10.0. The molecule has 4 rings (SSSR count). The van der Waals surface area contributed by atoms with E-state index in [0.717, 1.165) is 23.4 Å². The molecule has 3 heterocycles. The first-order valence-corrected chi connectivity index (χ1v) is 10.3. The van der Waals surface area contributed by atoms with Gasteiger partial charge in [0.2, 0.25) is 10.0 Å². The van der Waals surface area contributed by atoms with Crippen LogP contribution in [0.2, 0.25) is 0 Å². The smallest absolute Gasteiger partial charge is 0.246 e. The number of sulfonamides is 1. The Morgan fingerprint density at radius 3 is 2.93 bits per heavy atom. The predicted molar refractivity (Wildman–Crippen MR) is 101 cm³/mol. The summed E-state index contributed by atoms with van der Waals surface area (Å²) < 4.78 is 32.8. The molecule has 1 atom stereocenters. The first-order chi connectivity index (χ1) is 12.9. The molecule has 9 heteroatoms. The Labute approximate surface area is 158 Å². The van der Waals surface area contributed by atoms with Gasteiger partial charge in [0.15, 0.2) is 0 Å². The molecule has 0 radical (unpaired) electrons. The number of nitrogens with one attached hydrogen (secondary N) is 1. The number of fused-ring (bicyclic) bond motifs is 1. The maximum Gasteiger partial charge on any atom is 0.246 e. The number of nitrogens with zero attached hydrogens (tertiary/aromatic N) is 2. The molecule has 2 aromatic rings. The Balaban J connectivity index is 1.72. The fourth-order valence-electron chi connectivity index (χ4n) is 3.38. The number of rotatable bonds is 3. The van der Waals surface area contributed by atoms with Crippen LogP contribution >= 0.6 is 0 Å². The number of aromatic nitrogens is 1. The fraction of sp³-hybridized carbons (Fsp3) is 0.389. The number of nitrogens with two attached hydrogens (primary N) is 1. The van der Waals surface area contributed by atoms with Gasteiger partial charge in [0.1, 0.15) is 23.1 Å². The second kappa shape index (κ2) is 7.08. The average Bonchev–Trinajstić information content (AvgIpc) is 2.96. The molecular formula is C18H22N4O4S. The van der Waals surface area contributed by atoms with Gasteiger partial charge in [0, 0.05) is 43.5 Å². The molecule has 0 bridgehead atoms. The number of ether oxygens (including phenoxy) is 1. The molecule has 1 saturated heterocycles. The van der Waals surface area contributed by atoms with Gasteiger partial charge >= 0.3 is 0 Å². The van der Waals surface area contributed by atoms with Crippen LogP contribution in [0.3, 0.4) is 0 Å². The number of hydrogen-bond acceptors (Lipinski definition) is 7. The van der Waals surface area contributed by atoms with Crippen molar-refractivity contribution in [3.8, 4) is 16.9 Å². The highest BCUT2D eigenvalue weighted by molar-refractivity contribution is 7.89. The largest absolute Gasteiger partial charge is 0.492 e. The number of pyridine rings is 1. The van der Waals surface area contributed by atoms with Crippen LogP contribution in [0.1, 0.15) is 12.0 Å². The first kappa shape index (κ1) is 18.2. The molecule has 1 aromatic heterocycles. The molecule has 0 spiro atoms. The molecule has 1 fully saturated rings. The van der Waals surface area contributed by atoms with Crippen molar-refractivity contribution in [2.75, 3.05) is 32.0 Å². The van der Waals surface area contributed by atoms with Crippen LogP contribution in [0, 0.1) is 0 Å². The van der Waals surface area contributed by atoms with E-state index in [9.17, 15) is 13.5 Å². The van der Waals surface area contributed by atoms with Crippen molar-refractivity contribution >= 4 is 15.8 Å². The molecular weight excluding hydrogens is 368 g/mol. The number of aliphatic hydroxyl groups is 1. The molecule has 0 saturated carbocycles. The van der Waals surface area contributed by atoms with Crippen molar-refractivity contribution in [1.82, 2.24) is 14.6 Å². The van der Waals surface area contributed by atoms with Gasteiger partial charge in [0.05, 0.1) is 6.10 Å². The van der Waals surface area contributed by atoms with Gasteiger partial charge in [-0.05, 0) is 30.2 Å². The third-order valence-electron chi connectivity index (χ3n) is 4.87. The van der Waals surface area contributed by atoms with Crippen molar-refractivity contribution < 1.29 is 18.3 Å². The minimum atomic E-state index is -3.81. The summed E-state index contributed by atoms with van der Waals surface area (Å²) in [5.74, 6) is 0.783. The highest BCUT2D eigenvalue weighted by atomic mass is 32.2. The van der Waals surface area contributed by atoms with Gasteiger partial charge in [0.25, 0.3) is 0 Å². The van der Waals surface area contributed by atoms with E-state index in [2.05, 4.69) is 10.3 Å². The summed E-state index contributed by atoms with van der Waals surface area (Å²) in [5.41, 5.74) is 8.39. The highest BCUT2D eigenvalue weighted by Crippen LogP contribution is 2.31. The Morgan fingerprint density at radius 2 is 2.15 bits per heavy atom. The third-order valence-corrected chi connectivity index (χ3v) is 6.77. The summed E-state index contributed by atoms with van der Waals surface area (Å²) in [5, 5.41) is 13.0. The quantitative estimate of drug-likeness (QED) is 0.701. The minimum Gasteiger partial charge on any atom is -0.492 e. The lowest BCUT2D eigenvalue weighted by Gasteiger charge is -2.17. The Kier molecular flexibility index (Phi) is 4.77. The zero-order valence-corrected chi connectivity index (χ0v) is 15.6. The third kappa shape index (κ3) is 3.51. The van der Waals surface area contributed by atoms with E-state index in [0.29, 0.717) is 25.1 Å². The Hall–Kier alpha value is -2.20. The van der Waals surface area contributed by atoms with Crippen LogP contribution in [0.25, 0.3) is 11.1 Å². The highest BCUT2D eigenvalue weighted by Gasteiger charge is 2.33. The standard InChI is InChI=1S/C18H22N4O4S/c19-18-17(27(24,25)22-5-3-15(23)11-22)8-13(10-21-18)12-1-2-16-14(7-12)9-20-4-6-26-16/h1-2,7-8,10,15,20,23H,3-6,9,11H2,(H2,19,21). The normalized spacial score (nSPS) is 20.7. The molecule has 1 aromatic carbocycles. The van der Waals surface area contributed by atoms with Crippen molar-refractivity contribution in [2.24, 2.45) is 0 Å². The van der Waals surface area contributed by atoms with E-state index in [4.69, 9.17) is 10.5 Å². The average molecular weight is 390 g/mol. The van der Waals surface area contributed by atoms with Crippen molar-refractivity contribution in [2.45, 2.75) is 24.0 Å². The monoisotopic (exact) mass is 390 g/mol. The van der Waals surface area contributed by atoms with E-state index in [1.54, 1.807) is 12.3 Å². The van der Waals surface area contributed by atoms with Crippen LogP contribution in [0.5, 0.6) is 5.75 Å². The zero-order chi connectivity index (χ0) is 19.0. The number of β-amino-alcohol motifs (C(OH)–C–C–N with tert-alkyl or cyclic N) is 1. The van der Waals surface area contributed by atoms with Crippen molar-refractivity contribution in [3.63, 3.8) is 0 Å². The maximum absolute atomic E-state index is 12.9. The molecule has 8 nitrogen and oxygen atoms in total. The number of nitrogen functional groups attached to an aromatic ring is 1. The molecule has 2 aliphatic heterocycles. The summed E-state index contributed by atoms with van der Waals surface area (Å²) in [7, 11) is -3.81. The van der Waals surface area contributed by atoms with E-state index in [1.807, 2.05) is 18.2 Å². The molecule has 0 aliphatic carbocycles. The van der Waals surface area contributed by atoms with Gasteiger partial charge in [-0.1, -0.05) is 6.07 Å². The second-order valence-corrected chi connectivity index (χ2v) is 8.67. The summed E-state index contributed by atoms with van der Waals surface area (Å²) in [4.78, 5) is 4.08. The molecule has 0 amide bonds. The molecule has 4 N–H and O–H groups in total. The molecule has 2 aliphatic rings. The van der Waals surface area contributed by atoms with Crippen molar-refractivity contribution in [3.05, 3.63) is 36.0 Å². The zero-order valence-electron chi connectivity index (χ0n) is 14.8. The first-order valence-electron chi connectivity index (χ1n) is 8.86. The van der Waals surface area contributed by atoms with Gasteiger partial charge < -0.3 is 20.9 Å². The minimum absolute atomic E-state index is 0.0292. The lowest BCUT2D eigenvalue weighted by Crippen LogP contribution is -2.30. The Bertz CT molecular complexity index is 964. The summed E-state index contributed by atoms with van der Waals surface area (Å²) in [6.45, 7) is 2.42. The van der Waals surface area contributed by atoms with Gasteiger partial charge in [-0.3, -0.25) is 0 Å². The topological polar surface area (TPSA) is 118 Å². The van der Waals surface area contributed by atoms with Crippen LogP contribution in [-0.2, 0) is 16.6 Å². The van der Waals surface area contributed by atoms with Crippen LogP contribution in [0.15, 0.2) is 35.4 Å². The maximum atomic E-state index is 12.9.